The molecule has 1 aromatic heterocycles. The summed E-state index contributed by atoms with van der Waals surface area (Å²) in [5.74, 6) is 0. The van der Waals surface area contributed by atoms with Crippen LogP contribution in [-0.4, -0.2) is 46.8 Å². The van der Waals surface area contributed by atoms with Crippen LogP contribution >= 0.6 is 0 Å². The fourth-order valence-corrected chi connectivity index (χ4v) is 2.31. The second kappa shape index (κ2) is 7.51. The number of hydrogen-bond acceptors (Lipinski definition) is 4. The molecule has 5 nitrogen and oxygen atoms in total. The van der Waals surface area contributed by atoms with Gasteiger partial charge in [-0.3, -0.25) is 4.68 Å². The third-order valence-electron chi connectivity index (χ3n) is 3.27. The zero-order valence-electron chi connectivity index (χ0n) is 10.8. The van der Waals surface area contributed by atoms with Crippen molar-refractivity contribution in [1.82, 2.24) is 15.1 Å². The molecule has 0 bridgehead atoms. The van der Waals surface area contributed by atoms with Crippen molar-refractivity contribution in [1.29, 1.82) is 0 Å². The van der Waals surface area contributed by atoms with E-state index in [-0.39, 0.29) is 0 Å². The maximum Gasteiger partial charge on any atom is 0.0860 e. The Bertz CT molecular complexity index is 310. The van der Waals surface area contributed by atoms with Crippen molar-refractivity contribution in [2.45, 2.75) is 44.4 Å². The summed E-state index contributed by atoms with van der Waals surface area (Å²) in [5.41, 5.74) is 0. The standard InChI is InChI=1S/C13H23N3O2/c17-12(11-16-8-3-6-15-16)10-14-7-9-18-13-4-1-2-5-13/h3,6,8,12-14,17H,1-2,4-5,7,9-11H2. The summed E-state index contributed by atoms with van der Waals surface area (Å²) in [6, 6.07) is 1.86. The fourth-order valence-electron chi connectivity index (χ4n) is 2.31. The highest BCUT2D eigenvalue weighted by Gasteiger charge is 2.14. The zero-order valence-corrected chi connectivity index (χ0v) is 10.8. The van der Waals surface area contributed by atoms with Gasteiger partial charge in [-0.05, 0) is 18.9 Å². The van der Waals surface area contributed by atoms with E-state index in [4.69, 9.17) is 4.74 Å². The fraction of sp³-hybridized carbons (Fsp3) is 0.769. The number of aliphatic hydroxyl groups is 1. The molecule has 1 fully saturated rings. The highest BCUT2D eigenvalue weighted by molar-refractivity contribution is 4.78. The number of nitrogens with one attached hydrogen (secondary N) is 1. The van der Waals surface area contributed by atoms with Crippen LogP contribution in [0.3, 0.4) is 0 Å². The summed E-state index contributed by atoms with van der Waals surface area (Å²) in [7, 11) is 0. The average Bonchev–Trinajstić information content (AvgIpc) is 3.01. The Hall–Kier alpha value is -0.910. The van der Waals surface area contributed by atoms with E-state index in [1.165, 1.54) is 25.7 Å². The molecule has 1 aromatic rings. The Balaban J connectivity index is 1.47. The van der Waals surface area contributed by atoms with E-state index in [0.29, 0.717) is 19.2 Å². The molecule has 5 heteroatoms. The largest absolute Gasteiger partial charge is 0.390 e. The van der Waals surface area contributed by atoms with Crippen molar-refractivity contribution in [3.05, 3.63) is 18.5 Å². The van der Waals surface area contributed by atoms with Gasteiger partial charge in [-0.25, -0.2) is 0 Å². The van der Waals surface area contributed by atoms with Gasteiger partial charge in [0.15, 0.2) is 0 Å². The Kier molecular flexibility index (Phi) is 5.64. The molecule has 0 aliphatic heterocycles. The molecule has 0 radical (unpaired) electrons. The number of ether oxygens (including phenoxy) is 1. The van der Waals surface area contributed by atoms with Gasteiger partial charge in [-0.1, -0.05) is 12.8 Å². The van der Waals surface area contributed by atoms with Crippen molar-refractivity contribution >= 4 is 0 Å². The van der Waals surface area contributed by atoms with E-state index in [1.54, 1.807) is 10.9 Å². The number of aliphatic hydroxyl groups excluding tert-OH is 1. The Morgan fingerprint density at radius 1 is 1.44 bits per heavy atom. The number of hydrogen-bond donors (Lipinski definition) is 2. The lowest BCUT2D eigenvalue weighted by molar-refractivity contribution is 0.0579. The molecule has 2 rings (SSSR count). The molecular weight excluding hydrogens is 230 g/mol. The van der Waals surface area contributed by atoms with Crippen LogP contribution in [0, 0.1) is 0 Å². The summed E-state index contributed by atoms with van der Waals surface area (Å²) in [6.07, 6.45) is 8.67. The molecule has 1 heterocycles. The van der Waals surface area contributed by atoms with Crippen LogP contribution in [0.1, 0.15) is 25.7 Å². The maximum absolute atomic E-state index is 9.77. The Morgan fingerprint density at radius 3 is 3.00 bits per heavy atom. The average molecular weight is 253 g/mol. The van der Waals surface area contributed by atoms with Crippen LogP contribution in [0.4, 0.5) is 0 Å². The minimum Gasteiger partial charge on any atom is -0.390 e. The molecule has 1 unspecified atom stereocenters. The van der Waals surface area contributed by atoms with Crippen molar-refractivity contribution in [2.24, 2.45) is 0 Å². The highest BCUT2D eigenvalue weighted by atomic mass is 16.5. The first kappa shape index (κ1) is 13.5. The van der Waals surface area contributed by atoms with Crippen LogP contribution in [-0.2, 0) is 11.3 Å². The lowest BCUT2D eigenvalue weighted by Gasteiger charge is -2.14. The van der Waals surface area contributed by atoms with Crippen LogP contribution in [0.2, 0.25) is 0 Å². The predicted octanol–water partition coefficient (Wildman–Crippen LogP) is 0.793. The molecule has 0 aromatic carbocycles. The normalized spacial score (nSPS) is 18.3. The minimum atomic E-state index is -0.406. The molecule has 1 atom stereocenters. The second-order valence-electron chi connectivity index (χ2n) is 4.86. The molecule has 2 N–H and O–H groups in total. The highest BCUT2D eigenvalue weighted by Crippen LogP contribution is 2.20. The molecule has 1 aliphatic rings. The van der Waals surface area contributed by atoms with Gasteiger partial charge in [0.1, 0.15) is 0 Å². The quantitative estimate of drug-likeness (QED) is 0.673. The molecular formula is C13H23N3O2. The van der Waals surface area contributed by atoms with E-state index in [9.17, 15) is 5.11 Å². The van der Waals surface area contributed by atoms with Crippen molar-refractivity contribution in [2.75, 3.05) is 19.7 Å². The summed E-state index contributed by atoms with van der Waals surface area (Å²) >= 11 is 0. The van der Waals surface area contributed by atoms with Crippen LogP contribution in [0.5, 0.6) is 0 Å². The van der Waals surface area contributed by atoms with Gasteiger partial charge < -0.3 is 15.2 Å². The maximum atomic E-state index is 9.77. The third kappa shape index (κ3) is 4.76. The second-order valence-corrected chi connectivity index (χ2v) is 4.86. The summed E-state index contributed by atoms with van der Waals surface area (Å²) in [4.78, 5) is 0. The number of aromatic nitrogens is 2. The van der Waals surface area contributed by atoms with Gasteiger partial charge in [-0.15, -0.1) is 0 Å². The van der Waals surface area contributed by atoms with Gasteiger partial charge in [0.05, 0.1) is 25.4 Å². The minimum absolute atomic E-state index is 0.406. The van der Waals surface area contributed by atoms with Crippen LogP contribution in [0.15, 0.2) is 18.5 Å². The number of nitrogens with zero attached hydrogens (tertiary/aromatic N) is 2. The van der Waals surface area contributed by atoms with Crippen molar-refractivity contribution in [3.63, 3.8) is 0 Å². The molecule has 0 spiro atoms. The Morgan fingerprint density at radius 2 is 2.28 bits per heavy atom. The van der Waals surface area contributed by atoms with E-state index in [1.807, 2.05) is 12.3 Å². The molecule has 102 valence electrons. The van der Waals surface area contributed by atoms with E-state index in [2.05, 4.69) is 10.4 Å². The first-order chi connectivity index (χ1) is 8.84. The third-order valence-corrected chi connectivity index (χ3v) is 3.27. The molecule has 1 aliphatic carbocycles. The van der Waals surface area contributed by atoms with E-state index >= 15 is 0 Å². The van der Waals surface area contributed by atoms with Crippen LogP contribution < -0.4 is 5.32 Å². The number of rotatable bonds is 8. The van der Waals surface area contributed by atoms with Crippen LogP contribution in [0.25, 0.3) is 0 Å². The Labute approximate surface area is 108 Å². The zero-order chi connectivity index (χ0) is 12.6. The smallest absolute Gasteiger partial charge is 0.0860 e. The molecule has 0 saturated heterocycles. The lowest BCUT2D eigenvalue weighted by atomic mass is 10.3. The van der Waals surface area contributed by atoms with Gasteiger partial charge in [0, 0.05) is 25.5 Å². The van der Waals surface area contributed by atoms with Crippen molar-refractivity contribution < 1.29 is 9.84 Å². The summed E-state index contributed by atoms with van der Waals surface area (Å²) in [6.45, 7) is 2.64. The monoisotopic (exact) mass is 253 g/mol. The molecule has 0 amide bonds. The van der Waals surface area contributed by atoms with Gasteiger partial charge in [0.2, 0.25) is 0 Å². The van der Waals surface area contributed by atoms with Gasteiger partial charge in [0.25, 0.3) is 0 Å². The SMILES string of the molecule is OC(CNCCOC1CCCC1)Cn1cccn1. The summed E-state index contributed by atoms with van der Waals surface area (Å²) in [5, 5.41) is 17.0. The van der Waals surface area contributed by atoms with E-state index in [0.717, 1.165) is 13.2 Å². The van der Waals surface area contributed by atoms with Gasteiger partial charge in [-0.2, -0.15) is 5.10 Å². The van der Waals surface area contributed by atoms with Gasteiger partial charge >= 0.3 is 0 Å². The molecule has 1 saturated carbocycles. The molecule has 18 heavy (non-hydrogen) atoms. The topological polar surface area (TPSA) is 59.3 Å². The first-order valence-corrected chi connectivity index (χ1v) is 6.82. The summed E-state index contributed by atoms with van der Waals surface area (Å²) < 4.78 is 7.47. The van der Waals surface area contributed by atoms with Crippen molar-refractivity contribution in [3.8, 4) is 0 Å². The lowest BCUT2D eigenvalue weighted by Crippen LogP contribution is -2.32. The first-order valence-electron chi connectivity index (χ1n) is 6.82. The predicted molar refractivity (Wildman–Crippen MR) is 69.3 cm³/mol. The van der Waals surface area contributed by atoms with E-state index < -0.39 is 6.10 Å².